The molecule has 6 heteroatoms. The minimum Gasteiger partial charge on any atom is -0.508 e. The van der Waals surface area contributed by atoms with E-state index in [4.69, 9.17) is 4.74 Å². The van der Waals surface area contributed by atoms with E-state index in [1.165, 1.54) is 5.56 Å². The molecule has 2 aromatic carbocycles. The number of amides is 2. The second-order valence-corrected chi connectivity index (χ2v) is 6.89. The van der Waals surface area contributed by atoms with E-state index in [-0.39, 0.29) is 24.1 Å². The first-order chi connectivity index (χ1) is 13.6. The number of carbonyl (C=O) groups excluding carboxylic acids is 2. The average molecular weight is 382 g/mol. The Morgan fingerprint density at radius 1 is 1.07 bits per heavy atom. The lowest BCUT2D eigenvalue weighted by Gasteiger charge is -2.32. The molecule has 148 valence electrons. The van der Waals surface area contributed by atoms with Crippen LogP contribution in [-0.4, -0.2) is 48.1 Å². The molecule has 0 atom stereocenters. The highest BCUT2D eigenvalue weighted by atomic mass is 16.5. The first-order valence-electron chi connectivity index (χ1n) is 9.64. The zero-order chi connectivity index (χ0) is 19.9. The summed E-state index contributed by atoms with van der Waals surface area (Å²) in [7, 11) is 0. The molecule has 3 rings (SSSR count). The maximum Gasteiger partial charge on any atom is 0.251 e. The van der Waals surface area contributed by atoms with Gasteiger partial charge in [0, 0.05) is 18.7 Å². The van der Waals surface area contributed by atoms with Gasteiger partial charge in [-0.25, -0.2) is 0 Å². The topological polar surface area (TPSA) is 78.9 Å². The summed E-state index contributed by atoms with van der Waals surface area (Å²) in [6.45, 7) is 3.81. The number of nitrogens with one attached hydrogen (secondary N) is 1. The maximum atomic E-state index is 12.4. The van der Waals surface area contributed by atoms with E-state index in [1.807, 2.05) is 19.1 Å². The Morgan fingerprint density at radius 3 is 2.32 bits per heavy atom. The number of ether oxygens (including phenoxy) is 1. The molecule has 0 radical (unpaired) electrons. The maximum absolute atomic E-state index is 12.4. The van der Waals surface area contributed by atoms with Crippen LogP contribution in [0.1, 0.15) is 41.6 Å². The van der Waals surface area contributed by atoms with E-state index < -0.39 is 0 Å². The van der Waals surface area contributed by atoms with Gasteiger partial charge in [-0.05, 0) is 67.6 Å². The summed E-state index contributed by atoms with van der Waals surface area (Å²) < 4.78 is 5.36. The number of nitrogens with zero attached hydrogens (tertiary/aromatic N) is 1. The van der Waals surface area contributed by atoms with Crippen molar-refractivity contribution in [2.75, 3.05) is 26.2 Å². The number of phenols is 1. The number of likely N-dealkylation sites (tertiary alicyclic amines) is 1. The predicted octanol–water partition coefficient (Wildman–Crippen LogP) is 2.93. The fourth-order valence-electron chi connectivity index (χ4n) is 3.45. The number of carbonyl (C=O) groups is 2. The zero-order valence-electron chi connectivity index (χ0n) is 16.1. The molecule has 0 unspecified atom stereocenters. The summed E-state index contributed by atoms with van der Waals surface area (Å²) in [6, 6.07) is 14.1. The molecular weight excluding hydrogens is 356 g/mol. The van der Waals surface area contributed by atoms with Crippen molar-refractivity contribution in [3.05, 3.63) is 59.7 Å². The van der Waals surface area contributed by atoms with E-state index in [9.17, 15) is 14.7 Å². The van der Waals surface area contributed by atoms with Gasteiger partial charge in [-0.1, -0.05) is 12.1 Å². The van der Waals surface area contributed by atoms with Crippen molar-refractivity contribution >= 4 is 11.8 Å². The average Bonchev–Trinajstić information content (AvgIpc) is 2.73. The molecule has 2 N–H and O–H groups in total. The minimum atomic E-state index is -0.268. The van der Waals surface area contributed by atoms with Gasteiger partial charge in [-0.3, -0.25) is 9.59 Å². The van der Waals surface area contributed by atoms with Gasteiger partial charge in [0.05, 0.1) is 13.2 Å². The predicted molar refractivity (Wildman–Crippen MR) is 107 cm³/mol. The summed E-state index contributed by atoms with van der Waals surface area (Å²) in [5, 5.41) is 12.1. The molecule has 0 spiro atoms. The molecule has 2 aromatic rings. The van der Waals surface area contributed by atoms with Crippen LogP contribution in [-0.2, 0) is 4.79 Å². The molecule has 1 aliphatic rings. The quantitative estimate of drug-likeness (QED) is 0.805. The van der Waals surface area contributed by atoms with Crippen LogP contribution in [0.3, 0.4) is 0 Å². The van der Waals surface area contributed by atoms with Gasteiger partial charge < -0.3 is 20.1 Å². The second kappa shape index (κ2) is 9.26. The Balaban J connectivity index is 1.45. The minimum absolute atomic E-state index is 0.00405. The van der Waals surface area contributed by atoms with Crippen molar-refractivity contribution in [1.29, 1.82) is 0 Å². The lowest BCUT2D eigenvalue weighted by atomic mass is 9.89. The summed E-state index contributed by atoms with van der Waals surface area (Å²) in [5.74, 6) is 1.04. The number of phenolic OH excluding ortho intramolecular Hbond substituents is 1. The molecule has 1 heterocycles. The van der Waals surface area contributed by atoms with Gasteiger partial charge in [0.25, 0.3) is 5.91 Å². The molecular formula is C22H26N2O4. The standard InChI is InChI=1S/C22H26N2O4/c1-2-28-20-9-5-18(6-10-20)22(27)23-15-21(26)24-13-11-17(12-14-24)16-3-7-19(25)8-4-16/h3-10,17,25H,2,11-15H2,1H3,(H,23,27). The molecule has 6 nitrogen and oxygen atoms in total. The van der Waals surface area contributed by atoms with E-state index in [0.717, 1.165) is 12.8 Å². The van der Waals surface area contributed by atoms with Gasteiger partial charge in [0.1, 0.15) is 11.5 Å². The second-order valence-electron chi connectivity index (χ2n) is 6.89. The van der Waals surface area contributed by atoms with Gasteiger partial charge >= 0.3 is 0 Å². The van der Waals surface area contributed by atoms with Crippen LogP contribution in [0.4, 0.5) is 0 Å². The first kappa shape index (κ1) is 19.7. The van der Waals surface area contributed by atoms with Crippen molar-refractivity contribution in [3.63, 3.8) is 0 Å². The van der Waals surface area contributed by atoms with Gasteiger partial charge in [-0.15, -0.1) is 0 Å². The lowest BCUT2D eigenvalue weighted by Crippen LogP contribution is -2.43. The fraction of sp³-hybridized carbons (Fsp3) is 0.364. The molecule has 0 bridgehead atoms. The van der Waals surface area contributed by atoms with E-state index >= 15 is 0 Å². The largest absolute Gasteiger partial charge is 0.508 e. The van der Waals surface area contributed by atoms with E-state index in [1.54, 1.807) is 41.3 Å². The van der Waals surface area contributed by atoms with E-state index in [2.05, 4.69) is 5.32 Å². The number of aromatic hydroxyl groups is 1. The Kier molecular flexibility index (Phi) is 6.53. The molecule has 0 aromatic heterocycles. The number of piperidine rings is 1. The lowest BCUT2D eigenvalue weighted by molar-refractivity contribution is -0.131. The normalized spacial score (nSPS) is 14.5. The molecule has 0 saturated carbocycles. The van der Waals surface area contributed by atoms with Crippen LogP contribution in [0.5, 0.6) is 11.5 Å². The molecule has 28 heavy (non-hydrogen) atoms. The number of hydrogen-bond donors (Lipinski definition) is 2. The van der Waals surface area contributed by atoms with Crippen molar-refractivity contribution < 1.29 is 19.4 Å². The molecule has 1 fully saturated rings. The van der Waals surface area contributed by atoms with E-state index in [0.29, 0.717) is 36.9 Å². The highest BCUT2D eigenvalue weighted by Crippen LogP contribution is 2.29. The molecule has 2 amide bonds. The third-order valence-electron chi connectivity index (χ3n) is 5.04. The van der Waals surface area contributed by atoms with Gasteiger partial charge in [-0.2, -0.15) is 0 Å². The van der Waals surface area contributed by atoms with Crippen molar-refractivity contribution in [2.45, 2.75) is 25.7 Å². The summed E-state index contributed by atoms with van der Waals surface area (Å²) in [4.78, 5) is 26.4. The molecule has 1 saturated heterocycles. The van der Waals surface area contributed by atoms with Crippen LogP contribution in [0.25, 0.3) is 0 Å². The third-order valence-corrected chi connectivity index (χ3v) is 5.04. The monoisotopic (exact) mass is 382 g/mol. The zero-order valence-corrected chi connectivity index (χ0v) is 16.1. The highest BCUT2D eigenvalue weighted by molar-refractivity contribution is 5.96. The number of hydrogen-bond acceptors (Lipinski definition) is 4. The molecule has 0 aliphatic carbocycles. The van der Waals surface area contributed by atoms with Gasteiger partial charge in [0.15, 0.2) is 0 Å². The smallest absolute Gasteiger partial charge is 0.251 e. The van der Waals surface area contributed by atoms with Crippen molar-refractivity contribution in [2.24, 2.45) is 0 Å². The highest BCUT2D eigenvalue weighted by Gasteiger charge is 2.24. The van der Waals surface area contributed by atoms with Crippen LogP contribution >= 0.6 is 0 Å². The van der Waals surface area contributed by atoms with Crippen molar-refractivity contribution in [1.82, 2.24) is 10.2 Å². The van der Waals surface area contributed by atoms with Gasteiger partial charge in [0.2, 0.25) is 5.91 Å². The number of rotatable bonds is 6. The van der Waals surface area contributed by atoms with Crippen LogP contribution < -0.4 is 10.1 Å². The Bertz CT molecular complexity index is 794. The van der Waals surface area contributed by atoms with Crippen molar-refractivity contribution in [3.8, 4) is 11.5 Å². The third kappa shape index (κ3) is 5.03. The summed E-state index contributed by atoms with van der Waals surface area (Å²) in [5.41, 5.74) is 1.69. The summed E-state index contributed by atoms with van der Waals surface area (Å²) >= 11 is 0. The SMILES string of the molecule is CCOc1ccc(C(=O)NCC(=O)N2CCC(c3ccc(O)cc3)CC2)cc1. The number of benzene rings is 2. The first-order valence-corrected chi connectivity index (χ1v) is 9.64. The van der Waals surface area contributed by atoms with Crippen LogP contribution in [0.15, 0.2) is 48.5 Å². The Hall–Kier alpha value is -3.02. The Labute approximate surface area is 165 Å². The summed E-state index contributed by atoms with van der Waals surface area (Å²) in [6.07, 6.45) is 1.76. The Morgan fingerprint density at radius 2 is 1.71 bits per heavy atom. The fourth-order valence-corrected chi connectivity index (χ4v) is 3.45. The van der Waals surface area contributed by atoms with Crippen LogP contribution in [0.2, 0.25) is 0 Å². The molecule has 1 aliphatic heterocycles. The van der Waals surface area contributed by atoms with Crippen LogP contribution in [0, 0.1) is 0 Å².